The highest BCUT2D eigenvalue weighted by Crippen LogP contribution is 2.11. The summed E-state index contributed by atoms with van der Waals surface area (Å²) in [6.45, 7) is 0.986. The van der Waals surface area contributed by atoms with Crippen LogP contribution in [-0.2, 0) is 13.1 Å². The number of halogens is 2. The van der Waals surface area contributed by atoms with Crippen LogP contribution in [0.1, 0.15) is 11.1 Å². The monoisotopic (exact) mass is 249 g/mol. The van der Waals surface area contributed by atoms with E-state index in [-0.39, 0.29) is 5.75 Å². The van der Waals surface area contributed by atoms with Crippen LogP contribution in [-0.4, -0.2) is 5.11 Å². The minimum atomic E-state index is -0.841. The summed E-state index contributed by atoms with van der Waals surface area (Å²) in [5.74, 6) is -1.47. The van der Waals surface area contributed by atoms with Gasteiger partial charge in [0.1, 0.15) is 5.75 Å². The minimum absolute atomic E-state index is 0.210. The van der Waals surface area contributed by atoms with Gasteiger partial charge in [0.2, 0.25) is 0 Å². The molecule has 94 valence electrons. The SMILES string of the molecule is Oc1cccc(CNCc2ccc(F)c(F)c2)c1. The normalized spacial score (nSPS) is 10.6. The highest BCUT2D eigenvalue weighted by molar-refractivity contribution is 5.27. The summed E-state index contributed by atoms with van der Waals surface area (Å²) in [5.41, 5.74) is 1.60. The predicted molar refractivity (Wildman–Crippen MR) is 65.0 cm³/mol. The maximum atomic E-state index is 12.9. The third-order valence-electron chi connectivity index (χ3n) is 2.55. The van der Waals surface area contributed by atoms with E-state index in [0.29, 0.717) is 18.7 Å². The van der Waals surface area contributed by atoms with Crippen LogP contribution < -0.4 is 5.32 Å². The second-order valence-corrected chi connectivity index (χ2v) is 4.02. The van der Waals surface area contributed by atoms with Gasteiger partial charge in [0, 0.05) is 13.1 Å². The fourth-order valence-electron chi connectivity index (χ4n) is 1.67. The fraction of sp³-hybridized carbons (Fsp3) is 0.143. The van der Waals surface area contributed by atoms with Crippen LogP contribution in [0.3, 0.4) is 0 Å². The van der Waals surface area contributed by atoms with Gasteiger partial charge in [-0.15, -0.1) is 0 Å². The zero-order valence-electron chi connectivity index (χ0n) is 9.66. The third-order valence-corrected chi connectivity index (χ3v) is 2.55. The summed E-state index contributed by atoms with van der Waals surface area (Å²) in [6, 6.07) is 10.7. The first-order valence-corrected chi connectivity index (χ1v) is 5.58. The number of phenolic OH excluding ortho intramolecular Hbond substituents is 1. The average Bonchev–Trinajstić information content (AvgIpc) is 2.34. The van der Waals surface area contributed by atoms with Crippen molar-refractivity contribution in [3.63, 3.8) is 0 Å². The highest BCUT2D eigenvalue weighted by Gasteiger charge is 2.02. The van der Waals surface area contributed by atoms with Crippen molar-refractivity contribution in [1.29, 1.82) is 0 Å². The lowest BCUT2D eigenvalue weighted by atomic mass is 10.2. The molecular weight excluding hydrogens is 236 g/mol. The van der Waals surface area contributed by atoms with Gasteiger partial charge in [-0.25, -0.2) is 8.78 Å². The number of nitrogens with one attached hydrogen (secondary N) is 1. The number of rotatable bonds is 4. The predicted octanol–water partition coefficient (Wildman–Crippen LogP) is 2.96. The summed E-state index contributed by atoms with van der Waals surface area (Å²) in [4.78, 5) is 0. The molecule has 2 N–H and O–H groups in total. The standard InChI is InChI=1S/C14H13F2NO/c15-13-5-4-11(7-14(13)16)9-17-8-10-2-1-3-12(18)6-10/h1-7,17-18H,8-9H2. The molecule has 0 saturated carbocycles. The van der Waals surface area contributed by atoms with Crippen LogP contribution >= 0.6 is 0 Å². The van der Waals surface area contributed by atoms with E-state index >= 15 is 0 Å². The summed E-state index contributed by atoms with van der Waals surface area (Å²) in [7, 11) is 0. The number of benzene rings is 2. The molecule has 18 heavy (non-hydrogen) atoms. The Morgan fingerprint density at radius 3 is 2.28 bits per heavy atom. The lowest BCUT2D eigenvalue weighted by molar-refractivity contribution is 0.474. The Balaban J connectivity index is 1.90. The lowest BCUT2D eigenvalue weighted by Gasteiger charge is -2.06. The van der Waals surface area contributed by atoms with Crippen LogP contribution in [0.4, 0.5) is 8.78 Å². The number of hydrogen-bond donors (Lipinski definition) is 2. The molecule has 0 atom stereocenters. The molecule has 0 aliphatic rings. The van der Waals surface area contributed by atoms with Gasteiger partial charge in [0.15, 0.2) is 11.6 Å². The molecule has 2 aromatic rings. The van der Waals surface area contributed by atoms with Gasteiger partial charge in [-0.05, 0) is 35.4 Å². The smallest absolute Gasteiger partial charge is 0.159 e. The topological polar surface area (TPSA) is 32.3 Å². The molecule has 0 spiro atoms. The van der Waals surface area contributed by atoms with Gasteiger partial charge in [0.05, 0.1) is 0 Å². The van der Waals surface area contributed by atoms with Gasteiger partial charge in [-0.1, -0.05) is 18.2 Å². The molecule has 4 heteroatoms. The van der Waals surface area contributed by atoms with Gasteiger partial charge in [-0.2, -0.15) is 0 Å². The van der Waals surface area contributed by atoms with Crippen molar-refractivity contribution in [2.75, 3.05) is 0 Å². The molecule has 0 unspecified atom stereocenters. The Morgan fingerprint density at radius 1 is 0.889 bits per heavy atom. The van der Waals surface area contributed by atoms with Crippen molar-refractivity contribution in [3.8, 4) is 5.75 Å². The summed E-state index contributed by atoms with van der Waals surface area (Å²) >= 11 is 0. The van der Waals surface area contributed by atoms with Gasteiger partial charge >= 0.3 is 0 Å². The largest absolute Gasteiger partial charge is 0.508 e. The maximum Gasteiger partial charge on any atom is 0.159 e. The van der Waals surface area contributed by atoms with Crippen molar-refractivity contribution in [3.05, 3.63) is 65.2 Å². The number of hydrogen-bond acceptors (Lipinski definition) is 2. The summed E-state index contributed by atoms with van der Waals surface area (Å²) in [6.07, 6.45) is 0. The van der Waals surface area contributed by atoms with Crippen molar-refractivity contribution >= 4 is 0 Å². The average molecular weight is 249 g/mol. The number of phenols is 1. The zero-order valence-corrected chi connectivity index (χ0v) is 9.66. The summed E-state index contributed by atoms with van der Waals surface area (Å²) in [5, 5.41) is 12.4. The van der Waals surface area contributed by atoms with E-state index < -0.39 is 11.6 Å². The molecule has 0 fully saturated rings. The molecule has 0 aliphatic carbocycles. The first kappa shape index (κ1) is 12.5. The van der Waals surface area contributed by atoms with Crippen molar-refractivity contribution in [1.82, 2.24) is 5.32 Å². The maximum absolute atomic E-state index is 12.9. The van der Waals surface area contributed by atoms with Gasteiger partial charge < -0.3 is 10.4 Å². The highest BCUT2D eigenvalue weighted by atomic mass is 19.2. The second-order valence-electron chi connectivity index (χ2n) is 4.02. The van der Waals surface area contributed by atoms with Crippen LogP contribution in [0.5, 0.6) is 5.75 Å². The summed E-state index contributed by atoms with van der Waals surface area (Å²) < 4.78 is 25.7. The molecule has 0 aliphatic heterocycles. The molecule has 0 aromatic heterocycles. The van der Waals surface area contributed by atoms with Crippen LogP contribution in [0.2, 0.25) is 0 Å². The third kappa shape index (κ3) is 3.28. The minimum Gasteiger partial charge on any atom is -0.508 e. The quantitative estimate of drug-likeness (QED) is 0.873. The van der Waals surface area contributed by atoms with Crippen LogP contribution in [0, 0.1) is 11.6 Å². The molecule has 0 bridgehead atoms. The van der Waals surface area contributed by atoms with Crippen LogP contribution in [0.25, 0.3) is 0 Å². The Morgan fingerprint density at radius 2 is 1.61 bits per heavy atom. The Hall–Kier alpha value is -1.94. The molecule has 0 radical (unpaired) electrons. The van der Waals surface area contributed by atoms with E-state index in [0.717, 1.165) is 11.6 Å². The Kier molecular flexibility index (Phi) is 3.89. The van der Waals surface area contributed by atoms with Crippen molar-refractivity contribution in [2.45, 2.75) is 13.1 Å². The Bertz CT molecular complexity index is 543. The molecule has 0 heterocycles. The second kappa shape index (κ2) is 5.60. The van der Waals surface area contributed by atoms with E-state index in [1.807, 2.05) is 6.07 Å². The number of aromatic hydroxyl groups is 1. The van der Waals surface area contributed by atoms with Gasteiger partial charge in [-0.3, -0.25) is 0 Å². The van der Waals surface area contributed by atoms with Crippen molar-refractivity contribution in [2.24, 2.45) is 0 Å². The molecule has 2 aromatic carbocycles. The molecule has 2 nitrogen and oxygen atoms in total. The van der Waals surface area contributed by atoms with E-state index in [9.17, 15) is 13.9 Å². The van der Waals surface area contributed by atoms with E-state index in [4.69, 9.17) is 0 Å². The van der Waals surface area contributed by atoms with Crippen LogP contribution in [0.15, 0.2) is 42.5 Å². The van der Waals surface area contributed by atoms with E-state index in [1.165, 1.54) is 12.1 Å². The molecule has 2 rings (SSSR count). The molecule has 0 saturated heterocycles. The van der Waals surface area contributed by atoms with E-state index in [2.05, 4.69) is 5.32 Å². The first-order chi connectivity index (χ1) is 8.65. The molecule has 0 amide bonds. The zero-order chi connectivity index (χ0) is 13.0. The molecular formula is C14H13F2NO. The Labute approximate surface area is 104 Å². The van der Waals surface area contributed by atoms with Gasteiger partial charge in [0.25, 0.3) is 0 Å². The van der Waals surface area contributed by atoms with E-state index in [1.54, 1.807) is 18.2 Å². The first-order valence-electron chi connectivity index (χ1n) is 5.58. The van der Waals surface area contributed by atoms with Crippen molar-refractivity contribution < 1.29 is 13.9 Å². The fourth-order valence-corrected chi connectivity index (χ4v) is 1.67. The lowest BCUT2D eigenvalue weighted by Crippen LogP contribution is -2.12.